The Kier molecular flexibility index (Phi) is 5.68. The number of urea groups is 1. The predicted octanol–water partition coefficient (Wildman–Crippen LogP) is 2.43. The predicted molar refractivity (Wildman–Crippen MR) is 92.1 cm³/mol. The van der Waals surface area contributed by atoms with Crippen LogP contribution in [0.5, 0.6) is 0 Å². The summed E-state index contributed by atoms with van der Waals surface area (Å²) < 4.78 is 22.9. The maximum atomic E-state index is 12.2. The maximum Gasteiger partial charge on any atom is 0.315 e. The highest BCUT2D eigenvalue weighted by molar-refractivity contribution is 7.91. The van der Waals surface area contributed by atoms with Gasteiger partial charge in [0.2, 0.25) is 0 Å². The fourth-order valence-electron chi connectivity index (χ4n) is 3.00. The van der Waals surface area contributed by atoms with Gasteiger partial charge in [0.05, 0.1) is 17.5 Å². The lowest BCUT2D eigenvalue weighted by atomic mass is 9.93. The summed E-state index contributed by atoms with van der Waals surface area (Å²) in [4.78, 5) is 12.2. The summed E-state index contributed by atoms with van der Waals surface area (Å²) in [5.41, 5.74) is 2.26. The van der Waals surface area contributed by atoms with Gasteiger partial charge in [0, 0.05) is 6.54 Å². The van der Waals surface area contributed by atoms with Crippen molar-refractivity contribution in [1.29, 1.82) is 0 Å². The minimum Gasteiger partial charge on any atom is -0.338 e. The summed E-state index contributed by atoms with van der Waals surface area (Å²) in [7, 11) is -2.90. The van der Waals surface area contributed by atoms with E-state index in [1.54, 1.807) is 0 Å². The molecule has 0 saturated carbocycles. The topological polar surface area (TPSA) is 75.3 Å². The first kappa shape index (κ1) is 17.8. The monoisotopic (exact) mass is 338 g/mol. The number of benzene rings is 1. The van der Waals surface area contributed by atoms with E-state index in [0.717, 1.165) is 11.1 Å². The second-order valence-corrected chi connectivity index (χ2v) is 8.93. The average Bonchev–Trinajstić information content (AvgIpc) is 2.83. The number of amides is 2. The number of rotatable bonds is 5. The molecule has 1 aromatic rings. The van der Waals surface area contributed by atoms with E-state index < -0.39 is 9.84 Å². The molecule has 1 aliphatic heterocycles. The highest BCUT2D eigenvalue weighted by Gasteiger charge is 2.28. The number of aryl methyl sites for hydroxylation is 1. The molecule has 1 fully saturated rings. The summed E-state index contributed by atoms with van der Waals surface area (Å²) in [6, 6.07) is 7.72. The Labute approximate surface area is 138 Å². The third-order valence-corrected chi connectivity index (χ3v) is 6.19. The minimum absolute atomic E-state index is 0.0294. The first-order valence-electron chi connectivity index (χ1n) is 8.09. The van der Waals surface area contributed by atoms with E-state index in [1.807, 2.05) is 31.2 Å². The zero-order valence-corrected chi connectivity index (χ0v) is 14.8. The molecule has 0 aromatic heterocycles. The zero-order valence-electron chi connectivity index (χ0n) is 14.0. The zero-order chi connectivity index (χ0) is 17.0. The molecule has 0 bridgehead atoms. The van der Waals surface area contributed by atoms with Crippen LogP contribution in [0.15, 0.2) is 24.3 Å². The van der Waals surface area contributed by atoms with Crippen LogP contribution < -0.4 is 10.6 Å². The molecule has 128 valence electrons. The highest BCUT2D eigenvalue weighted by atomic mass is 32.2. The van der Waals surface area contributed by atoms with Gasteiger partial charge >= 0.3 is 6.03 Å². The van der Waals surface area contributed by atoms with E-state index in [9.17, 15) is 13.2 Å². The Bertz CT molecular complexity index is 656. The summed E-state index contributed by atoms with van der Waals surface area (Å²) in [6.45, 7) is 6.58. The number of hydrogen-bond acceptors (Lipinski definition) is 3. The van der Waals surface area contributed by atoms with E-state index in [4.69, 9.17) is 0 Å². The van der Waals surface area contributed by atoms with Gasteiger partial charge in [-0.1, -0.05) is 38.1 Å². The molecule has 2 N–H and O–H groups in total. The number of hydrogen-bond donors (Lipinski definition) is 2. The van der Waals surface area contributed by atoms with Crippen molar-refractivity contribution < 1.29 is 13.2 Å². The van der Waals surface area contributed by atoms with E-state index in [-0.39, 0.29) is 35.4 Å². The molecule has 23 heavy (non-hydrogen) atoms. The Morgan fingerprint density at radius 3 is 2.57 bits per heavy atom. The molecule has 2 atom stereocenters. The largest absolute Gasteiger partial charge is 0.338 e. The van der Waals surface area contributed by atoms with Crippen molar-refractivity contribution in [2.75, 3.05) is 18.1 Å². The van der Waals surface area contributed by atoms with Crippen molar-refractivity contribution in [3.8, 4) is 0 Å². The molecule has 1 aromatic carbocycles. The quantitative estimate of drug-likeness (QED) is 0.866. The van der Waals surface area contributed by atoms with Crippen LogP contribution in [0, 0.1) is 18.8 Å². The van der Waals surface area contributed by atoms with Gasteiger partial charge < -0.3 is 10.6 Å². The first-order valence-corrected chi connectivity index (χ1v) is 9.91. The standard InChI is InChI=1S/C17H26N2O3S/c1-12(2)16(15-7-5-4-6-13(15)3)19-17(20)18-10-14-8-9-23(21,22)11-14/h4-7,12,14,16H,8-11H2,1-3H3,(H2,18,19,20)/t14-,16+/m1/s1. The number of sulfone groups is 1. The SMILES string of the molecule is Cc1ccccc1[C@@H](NC(=O)NC[C@H]1CCS(=O)(=O)C1)C(C)C. The van der Waals surface area contributed by atoms with E-state index in [0.29, 0.717) is 13.0 Å². The Morgan fingerprint density at radius 1 is 1.30 bits per heavy atom. The van der Waals surface area contributed by atoms with Gasteiger partial charge in [-0.25, -0.2) is 13.2 Å². The van der Waals surface area contributed by atoms with Gasteiger partial charge in [0.25, 0.3) is 0 Å². The normalized spacial score (nSPS) is 21.1. The van der Waals surface area contributed by atoms with Crippen molar-refractivity contribution >= 4 is 15.9 Å². The lowest BCUT2D eigenvalue weighted by Crippen LogP contribution is -2.42. The summed E-state index contributed by atoms with van der Waals surface area (Å²) in [6.07, 6.45) is 0.633. The molecule has 1 saturated heterocycles. The van der Waals surface area contributed by atoms with Crippen molar-refractivity contribution in [3.05, 3.63) is 35.4 Å². The Balaban J connectivity index is 1.93. The Hall–Kier alpha value is -1.56. The van der Waals surface area contributed by atoms with Gasteiger partial charge in [0.15, 0.2) is 9.84 Å². The summed E-state index contributed by atoms with van der Waals surface area (Å²) in [5, 5.41) is 5.84. The van der Waals surface area contributed by atoms with Crippen LogP contribution in [-0.2, 0) is 9.84 Å². The lowest BCUT2D eigenvalue weighted by molar-refractivity contribution is 0.231. The van der Waals surface area contributed by atoms with Crippen LogP contribution in [0.3, 0.4) is 0 Å². The van der Waals surface area contributed by atoms with Crippen LogP contribution in [0.25, 0.3) is 0 Å². The summed E-state index contributed by atoms with van der Waals surface area (Å²) in [5.74, 6) is 0.702. The van der Waals surface area contributed by atoms with E-state index >= 15 is 0 Å². The summed E-state index contributed by atoms with van der Waals surface area (Å²) >= 11 is 0. The molecule has 2 rings (SSSR count). The van der Waals surface area contributed by atoms with Crippen molar-refractivity contribution in [2.45, 2.75) is 33.2 Å². The first-order chi connectivity index (χ1) is 10.8. The minimum atomic E-state index is -2.90. The van der Waals surface area contributed by atoms with Crippen LogP contribution in [0.1, 0.15) is 37.4 Å². The molecule has 6 heteroatoms. The molecule has 1 heterocycles. The van der Waals surface area contributed by atoms with E-state index in [2.05, 4.69) is 24.5 Å². The van der Waals surface area contributed by atoms with Crippen LogP contribution in [-0.4, -0.2) is 32.5 Å². The molecule has 0 radical (unpaired) electrons. The smallest absolute Gasteiger partial charge is 0.315 e. The molecule has 5 nitrogen and oxygen atoms in total. The van der Waals surface area contributed by atoms with Crippen molar-refractivity contribution in [1.82, 2.24) is 10.6 Å². The molecular weight excluding hydrogens is 312 g/mol. The molecule has 0 aliphatic carbocycles. The fraction of sp³-hybridized carbons (Fsp3) is 0.588. The number of carbonyl (C=O) groups is 1. The number of nitrogens with one attached hydrogen (secondary N) is 2. The van der Waals surface area contributed by atoms with Crippen LogP contribution >= 0.6 is 0 Å². The average molecular weight is 338 g/mol. The van der Waals surface area contributed by atoms with Gasteiger partial charge in [-0.15, -0.1) is 0 Å². The van der Waals surface area contributed by atoms with Crippen LogP contribution in [0.4, 0.5) is 4.79 Å². The van der Waals surface area contributed by atoms with Crippen molar-refractivity contribution in [3.63, 3.8) is 0 Å². The van der Waals surface area contributed by atoms with E-state index in [1.165, 1.54) is 0 Å². The third-order valence-electron chi connectivity index (χ3n) is 4.35. The van der Waals surface area contributed by atoms with Crippen LogP contribution in [0.2, 0.25) is 0 Å². The van der Waals surface area contributed by atoms with Gasteiger partial charge in [-0.2, -0.15) is 0 Å². The molecular formula is C17H26N2O3S. The Morgan fingerprint density at radius 2 is 2.00 bits per heavy atom. The second kappa shape index (κ2) is 7.34. The van der Waals surface area contributed by atoms with Gasteiger partial charge in [-0.05, 0) is 36.3 Å². The molecule has 1 aliphatic rings. The fourth-order valence-corrected chi connectivity index (χ4v) is 4.86. The second-order valence-electron chi connectivity index (χ2n) is 6.70. The van der Waals surface area contributed by atoms with Gasteiger partial charge in [-0.3, -0.25) is 0 Å². The highest BCUT2D eigenvalue weighted by Crippen LogP contribution is 2.24. The molecule has 0 spiro atoms. The number of carbonyl (C=O) groups excluding carboxylic acids is 1. The lowest BCUT2D eigenvalue weighted by Gasteiger charge is -2.25. The molecule has 2 amide bonds. The van der Waals surface area contributed by atoms with Crippen molar-refractivity contribution in [2.24, 2.45) is 11.8 Å². The maximum absolute atomic E-state index is 12.2. The molecule has 0 unspecified atom stereocenters. The third kappa shape index (κ3) is 4.96. The van der Waals surface area contributed by atoms with Gasteiger partial charge in [0.1, 0.15) is 0 Å².